The van der Waals surface area contributed by atoms with E-state index in [4.69, 9.17) is 5.73 Å². The molecule has 154 valence electrons. The first kappa shape index (κ1) is 22.4. The molecule has 0 aliphatic rings. The molecule has 2 aromatic carbocycles. The van der Waals surface area contributed by atoms with Gasteiger partial charge in [0.15, 0.2) is 0 Å². The van der Waals surface area contributed by atoms with Gasteiger partial charge < -0.3 is 11.1 Å². The molecular formula is C21H25BrN4O3. The van der Waals surface area contributed by atoms with Crippen LogP contribution in [0.1, 0.15) is 48.4 Å². The molecule has 1 unspecified atom stereocenters. The van der Waals surface area contributed by atoms with Gasteiger partial charge in [-0.15, -0.1) is 0 Å². The Bertz CT molecular complexity index is 907. The van der Waals surface area contributed by atoms with E-state index >= 15 is 0 Å². The van der Waals surface area contributed by atoms with Gasteiger partial charge in [0.25, 0.3) is 11.8 Å². The lowest BCUT2D eigenvalue weighted by molar-refractivity contribution is 0.0336. The number of nitrogens with one attached hydrogen (secondary N) is 2. The van der Waals surface area contributed by atoms with Crippen LogP contribution >= 0.6 is 15.9 Å². The number of anilines is 1. The first-order valence-electron chi connectivity index (χ1n) is 9.06. The van der Waals surface area contributed by atoms with Crippen molar-refractivity contribution < 1.29 is 14.4 Å². The van der Waals surface area contributed by atoms with E-state index in [1.54, 1.807) is 42.5 Å². The zero-order chi connectivity index (χ0) is 21.8. The zero-order valence-electron chi connectivity index (χ0n) is 16.8. The van der Waals surface area contributed by atoms with E-state index in [-0.39, 0.29) is 17.4 Å². The van der Waals surface area contributed by atoms with Crippen molar-refractivity contribution in [1.82, 2.24) is 10.4 Å². The molecule has 0 saturated carbocycles. The molecule has 0 aromatic heterocycles. The van der Waals surface area contributed by atoms with E-state index < -0.39 is 11.9 Å². The largest absolute Gasteiger partial charge is 0.351 e. The van der Waals surface area contributed by atoms with E-state index in [0.717, 1.165) is 0 Å². The van der Waals surface area contributed by atoms with Crippen molar-refractivity contribution in [2.45, 2.75) is 33.7 Å². The number of hydrogen-bond donors (Lipinski definition) is 3. The van der Waals surface area contributed by atoms with Gasteiger partial charge in [0.05, 0.1) is 11.6 Å². The molecule has 0 spiro atoms. The number of amides is 4. The van der Waals surface area contributed by atoms with E-state index in [1.165, 1.54) is 5.01 Å². The summed E-state index contributed by atoms with van der Waals surface area (Å²) in [5.74, 6) is -0.757. The number of rotatable bonds is 4. The monoisotopic (exact) mass is 460 g/mol. The minimum absolute atomic E-state index is 0.278. The molecular weight excluding hydrogens is 436 g/mol. The van der Waals surface area contributed by atoms with E-state index in [2.05, 4.69) is 26.7 Å². The fourth-order valence-corrected chi connectivity index (χ4v) is 2.95. The van der Waals surface area contributed by atoms with Crippen molar-refractivity contribution in [2.24, 2.45) is 11.1 Å². The van der Waals surface area contributed by atoms with Crippen molar-refractivity contribution in [2.75, 3.05) is 5.32 Å². The Morgan fingerprint density at radius 2 is 1.62 bits per heavy atom. The van der Waals surface area contributed by atoms with Gasteiger partial charge in [0, 0.05) is 15.7 Å². The number of carbonyl (C=O) groups is 3. The molecule has 0 bridgehead atoms. The third-order valence-electron chi connectivity index (χ3n) is 4.60. The van der Waals surface area contributed by atoms with Crippen LogP contribution in [0.2, 0.25) is 0 Å². The van der Waals surface area contributed by atoms with Crippen molar-refractivity contribution in [3.63, 3.8) is 0 Å². The average molecular weight is 461 g/mol. The molecule has 0 aliphatic carbocycles. The lowest BCUT2D eigenvalue weighted by Crippen LogP contribution is -2.55. The minimum atomic E-state index is -0.689. The van der Waals surface area contributed by atoms with Crippen molar-refractivity contribution >= 4 is 39.5 Å². The standard InChI is InChI=1S/C21H25BrN4O3/c1-13(21(2,3)4)26(19(28)16-7-5-6-8-17(16)22)25-18(27)14-9-11-15(12-10-14)24-20(23)29/h5-13H,1-4H3,(H,25,27)(H3,23,24,29). The normalized spacial score (nSPS) is 12.0. The van der Waals surface area contributed by atoms with Crippen molar-refractivity contribution in [3.8, 4) is 0 Å². The van der Waals surface area contributed by atoms with Crippen LogP contribution in [0.4, 0.5) is 10.5 Å². The molecule has 4 amide bonds. The van der Waals surface area contributed by atoms with E-state index in [1.807, 2.05) is 33.8 Å². The number of carbonyl (C=O) groups excluding carboxylic acids is 3. The summed E-state index contributed by atoms with van der Waals surface area (Å²) in [6.07, 6.45) is 0. The van der Waals surface area contributed by atoms with Crippen LogP contribution < -0.4 is 16.5 Å². The summed E-state index contributed by atoms with van der Waals surface area (Å²) in [4.78, 5) is 37.0. The Labute approximate surface area is 178 Å². The molecule has 0 fully saturated rings. The van der Waals surface area contributed by atoms with Gasteiger partial charge in [-0.2, -0.15) is 0 Å². The molecule has 0 radical (unpaired) electrons. The van der Waals surface area contributed by atoms with E-state index in [0.29, 0.717) is 21.3 Å². The highest BCUT2D eigenvalue weighted by Crippen LogP contribution is 2.26. The van der Waals surface area contributed by atoms with Crippen molar-refractivity contribution in [3.05, 3.63) is 64.1 Å². The van der Waals surface area contributed by atoms with Gasteiger partial charge in [-0.25, -0.2) is 9.80 Å². The summed E-state index contributed by atoms with van der Waals surface area (Å²) >= 11 is 3.40. The maximum Gasteiger partial charge on any atom is 0.316 e. The molecule has 0 heterocycles. The lowest BCUT2D eigenvalue weighted by Gasteiger charge is -2.37. The number of halogens is 1. The highest BCUT2D eigenvalue weighted by atomic mass is 79.9. The topological polar surface area (TPSA) is 105 Å². The molecule has 4 N–H and O–H groups in total. The first-order valence-corrected chi connectivity index (χ1v) is 9.85. The third kappa shape index (κ3) is 5.80. The SMILES string of the molecule is CC(N(NC(=O)c1ccc(NC(N)=O)cc1)C(=O)c1ccccc1Br)C(C)(C)C. The van der Waals surface area contributed by atoms with Crippen LogP contribution in [-0.2, 0) is 0 Å². The third-order valence-corrected chi connectivity index (χ3v) is 5.29. The highest BCUT2D eigenvalue weighted by Gasteiger charge is 2.32. The molecule has 29 heavy (non-hydrogen) atoms. The van der Waals surface area contributed by atoms with Gasteiger partial charge in [-0.1, -0.05) is 32.9 Å². The van der Waals surface area contributed by atoms with Gasteiger partial charge in [0.2, 0.25) is 0 Å². The second-order valence-electron chi connectivity index (χ2n) is 7.70. The Morgan fingerprint density at radius 3 is 2.14 bits per heavy atom. The summed E-state index contributed by atoms with van der Waals surface area (Å²) in [5, 5.41) is 3.79. The summed E-state index contributed by atoms with van der Waals surface area (Å²) < 4.78 is 0.646. The average Bonchev–Trinajstić information content (AvgIpc) is 2.64. The maximum absolute atomic E-state index is 13.2. The molecule has 7 nitrogen and oxygen atoms in total. The summed E-state index contributed by atoms with van der Waals surface area (Å²) in [6.45, 7) is 7.87. The number of benzene rings is 2. The molecule has 0 saturated heterocycles. The quantitative estimate of drug-likeness (QED) is 0.596. The van der Waals surface area contributed by atoms with Gasteiger partial charge in [-0.05, 0) is 64.7 Å². The Kier molecular flexibility index (Phi) is 7.02. The van der Waals surface area contributed by atoms with Gasteiger partial charge in [0.1, 0.15) is 0 Å². The van der Waals surface area contributed by atoms with E-state index in [9.17, 15) is 14.4 Å². The number of hydrogen-bond acceptors (Lipinski definition) is 3. The molecule has 1 atom stereocenters. The minimum Gasteiger partial charge on any atom is -0.351 e. The highest BCUT2D eigenvalue weighted by molar-refractivity contribution is 9.10. The van der Waals surface area contributed by atoms with Crippen molar-refractivity contribution in [1.29, 1.82) is 0 Å². The van der Waals surface area contributed by atoms with Gasteiger partial charge >= 0.3 is 6.03 Å². The number of urea groups is 1. The van der Waals surface area contributed by atoms with Crippen LogP contribution in [0.3, 0.4) is 0 Å². The summed E-state index contributed by atoms with van der Waals surface area (Å²) in [7, 11) is 0. The lowest BCUT2D eigenvalue weighted by atomic mass is 9.87. The van der Waals surface area contributed by atoms with Crippen LogP contribution in [0.5, 0.6) is 0 Å². The molecule has 2 aromatic rings. The smallest absolute Gasteiger partial charge is 0.316 e. The number of primary amides is 1. The fourth-order valence-electron chi connectivity index (χ4n) is 2.50. The molecule has 0 aliphatic heterocycles. The number of nitrogens with two attached hydrogens (primary N) is 1. The Hall–Kier alpha value is -2.87. The maximum atomic E-state index is 13.2. The zero-order valence-corrected chi connectivity index (χ0v) is 18.4. The summed E-state index contributed by atoms with van der Waals surface area (Å²) in [6, 6.07) is 12.3. The second-order valence-corrected chi connectivity index (χ2v) is 8.56. The number of hydrazine groups is 1. The molecule has 8 heteroatoms. The van der Waals surface area contributed by atoms with Crippen LogP contribution in [0.25, 0.3) is 0 Å². The predicted octanol–water partition coefficient (Wildman–Crippen LogP) is 4.16. The summed E-state index contributed by atoms with van der Waals surface area (Å²) in [5.41, 5.74) is 8.80. The van der Waals surface area contributed by atoms with Crippen LogP contribution in [0.15, 0.2) is 53.0 Å². The van der Waals surface area contributed by atoms with Gasteiger partial charge in [-0.3, -0.25) is 15.0 Å². The number of nitrogens with zero attached hydrogens (tertiary/aromatic N) is 1. The second kappa shape index (κ2) is 9.09. The Morgan fingerprint density at radius 1 is 1.03 bits per heavy atom. The fraction of sp³-hybridized carbons (Fsp3) is 0.286. The predicted molar refractivity (Wildman–Crippen MR) is 116 cm³/mol. The van der Waals surface area contributed by atoms with Crippen LogP contribution in [0, 0.1) is 5.41 Å². The van der Waals surface area contributed by atoms with Crippen LogP contribution in [-0.4, -0.2) is 28.9 Å². The first-order chi connectivity index (χ1) is 13.5. The Balaban J connectivity index is 2.30. The molecule has 2 rings (SSSR count).